The molecule has 0 fully saturated rings. The van der Waals surface area contributed by atoms with Crippen LogP contribution in [0.3, 0.4) is 0 Å². The molecular weight excluding hydrogens is 392 g/mol. The van der Waals surface area contributed by atoms with Gasteiger partial charge < -0.3 is 14.2 Å². The lowest BCUT2D eigenvalue weighted by molar-refractivity contribution is -0.136. The molecule has 0 bridgehead atoms. The van der Waals surface area contributed by atoms with Gasteiger partial charge in [-0.25, -0.2) is 4.79 Å². The molecule has 148 valence electrons. The van der Waals surface area contributed by atoms with E-state index in [1.807, 2.05) is 30.3 Å². The van der Waals surface area contributed by atoms with Crippen LogP contribution in [0.1, 0.15) is 15.9 Å². The van der Waals surface area contributed by atoms with Gasteiger partial charge in [-0.3, -0.25) is 4.79 Å². The third-order valence-corrected chi connectivity index (χ3v) is 4.57. The van der Waals surface area contributed by atoms with E-state index < -0.39 is 5.97 Å². The highest BCUT2D eigenvalue weighted by Crippen LogP contribution is 2.36. The number of benzene rings is 3. The lowest BCUT2D eigenvalue weighted by atomic mass is 10.0. The second kappa shape index (κ2) is 9.26. The van der Waals surface area contributed by atoms with Gasteiger partial charge in [-0.2, -0.15) is 0 Å². The minimum atomic E-state index is -0.634. The molecule has 3 aromatic carbocycles. The number of esters is 1. The highest BCUT2D eigenvalue weighted by molar-refractivity contribution is 6.32. The van der Waals surface area contributed by atoms with E-state index in [2.05, 4.69) is 0 Å². The zero-order chi connectivity index (χ0) is 20.8. The quantitative estimate of drug-likeness (QED) is 0.313. The summed E-state index contributed by atoms with van der Waals surface area (Å²) in [5.74, 6) is -0.0499. The number of carbonyl (C=O) groups excluding carboxylic acids is 2. The summed E-state index contributed by atoms with van der Waals surface area (Å²) in [5.41, 5.74) is 1.12. The highest BCUT2D eigenvalue weighted by atomic mass is 35.5. The number of hydrogen-bond acceptors (Lipinski definition) is 5. The van der Waals surface area contributed by atoms with E-state index >= 15 is 0 Å². The van der Waals surface area contributed by atoms with Crippen LogP contribution in [-0.2, 0) is 9.53 Å². The summed E-state index contributed by atoms with van der Waals surface area (Å²) in [5, 5.41) is 2.35. The Hall–Kier alpha value is -3.31. The number of ketones is 1. The maximum Gasteiger partial charge on any atom is 0.331 e. The highest BCUT2D eigenvalue weighted by Gasteiger charge is 2.11. The monoisotopic (exact) mass is 410 g/mol. The lowest BCUT2D eigenvalue weighted by Crippen LogP contribution is -2.12. The van der Waals surface area contributed by atoms with Crippen LogP contribution in [0.5, 0.6) is 11.5 Å². The van der Waals surface area contributed by atoms with Crippen LogP contribution in [0, 0.1) is 0 Å². The van der Waals surface area contributed by atoms with Gasteiger partial charge in [0.2, 0.25) is 0 Å². The van der Waals surface area contributed by atoms with Crippen LogP contribution in [-0.4, -0.2) is 32.6 Å². The molecule has 0 aliphatic carbocycles. The molecule has 29 heavy (non-hydrogen) atoms. The maximum absolute atomic E-state index is 12.3. The van der Waals surface area contributed by atoms with Crippen molar-refractivity contribution in [1.82, 2.24) is 0 Å². The second-order valence-electron chi connectivity index (χ2n) is 6.16. The molecule has 3 rings (SSSR count). The number of methoxy groups -OCH3 is 2. The van der Waals surface area contributed by atoms with Gasteiger partial charge in [0.1, 0.15) is 0 Å². The molecule has 0 spiro atoms. The molecule has 0 amide bonds. The van der Waals surface area contributed by atoms with Crippen LogP contribution < -0.4 is 9.47 Å². The number of carbonyl (C=O) groups is 2. The van der Waals surface area contributed by atoms with Gasteiger partial charge in [0, 0.05) is 11.6 Å². The lowest BCUT2D eigenvalue weighted by Gasteiger charge is -2.10. The van der Waals surface area contributed by atoms with Crippen LogP contribution in [0.25, 0.3) is 16.8 Å². The fraction of sp³-hybridized carbons (Fsp3) is 0.130. The van der Waals surface area contributed by atoms with Crippen LogP contribution in [0.4, 0.5) is 0 Å². The first kappa shape index (κ1) is 20.4. The minimum Gasteiger partial charge on any atom is -0.493 e. The van der Waals surface area contributed by atoms with E-state index in [0.29, 0.717) is 27.6 Å². The molecule has 0 atom stereocenters. The minimum absolute atomic E-state index is 0.272. The normalized spacial score (nSPS) is 10.9. The van der Waals surface area contributed by atoms with Crippen molar-refractivity contribution in [2.45, 2.75) is 0 Å². The van der Waals surface area contributed by atoms with Crippen molar-refractivity contribution in [2.75, 3.05) is 20.8 Å². The molecule has 5 nitrogen and oxygen atoms in total. The van der Waals surface area contributed by atoms with Gasteiger partial charge in [0.15, 0.2) is 23.9 Å². The predicted octanol–water partition coefficient (Wildman–Crippen LogP) is 4.95. The molecule has 0 saturated carbocycles. The number of fused-ring (bicyclic) bond motifs is 1. The van der Waals surface area contributed by atoms with E-state index in [0.717, 1.165) is 10.8 Å². The molecule has 0 aliphatic rings. The van der Waals surface area contributed by atoms with Gasteiger partial charge in [-0.15, -0.1) is 0 Å². The fourth-order valence-electron chi connectivity index (χ4n) is 2.83. The summed E-state index contributed by atoms with van der Waals surface area (Å²) in [4.78, 5) is 24.3. The third kappa shape index (κ3) is 4.95. The zero-order valence-corrected chi connectivity index (χ0v) is 16.7. The van der Waals surface area contributed by atoms with Crippen molar-refractivity contribution >= 4 is 40.2 Å². The number of hydrogen-bond donors (Lipinski definition) is 0. The van der Waals surface area contributed by atoms with Crippen LogP contribution in [0.15, 0.2) is 60.7 Å². The summed E-state index contributed by atoms with van der Waals surface area (Å²) in [6, 6.07) is 16.4. The Morgan fingerprint density at radius 2 is 1.72 bits per heavy atom. The maximum atomic E-state index is 12.3. The van der Waals surface area contributed by atoms with E-state index in [9.17, 15) is 9.59 Å². The first-order valence-corrected chi connectivity index (χ1v) is 9.18. The largest absolute Gasteiger partial charge is 0.493 e. The molecule has 6 heteroatoms. The SMILES string of the molecule is COc1cc(/C=C/C(=O)OCC(=O)c2ccc3ccccc3c2)cc(Cl)c1OC. The molecule has 0 N–H and O–H groups in total. The average Bonchev–Trinajstić information content (AvgIpc) is 2.75. The Morgan fingerprint density at radius 1 is 0.966 bits per heavy atom. The number of rotatable bonds is 7. The Kier molecular flexibility index (Phi) is 6.52. The average molecular weight is 411 g/mol. The Labute approximate surface area is 173 Å². The van der Waals surface area contributed by atoms with Crippen molar-refractivity contribution in [3.63, 3.8) is 0 Å². The van der Waals surface area contributed by atoms with Gasteiger partial charge in [0.25, 0.3) is 0 Å². The molecule has 0 radical (unpaired) electrons. The molecule has 0 aliphatic heterocycles. The van der Waals surface area contributed by atoms with E-state index in [4.69, 9.17) is 25.8 Å². The Bertz CT molecular complexity index is 1090. The Balaban J connectivity index is 1.63. The van der Waals surface area contributed by atoms with Crippen molar-refractivity contribution in [3.05, 3.63) is 76.8 Å². The van der Waals surface area contributed by atoms with Crippen molar-refractivity contribution < 1.29 is 23.8 Å². The van der Waals surface area contributed by atoms with Gasteiger partial charge in [-0.05, 0) is 40.6 Å². The van der Waals surface area contributed by atoms with Gasteiger partial charge in [0.05, 0.1) is 19.2 Å². The van der Waals surface area contributed by atoms with Gasteiger partial charge in [-0.1, -0.05) is 48.0 Å². The molecule has 0 aromatic heterocycles. The first-order valence-electron chi connectivity index (χ1n) is 8.80. The second-order valence-corrected chi connectivity index (χ2v) is 6.57. The zero-order valence-electron chi connectivity index (χ0n) is 16.0. The van der Waals surface area contributed by atoms with Gasteiger partial charge >= 0.3 is 5.97 Å². The summed E-state index contributed by atoms with van der Waals surface area (Å²) in [7, 11) is 2.98. The molecular formula is C23H19ClO5. The molecule has 0 unspecified atom stereocenters. The van der Waals surface area contributed by atoms with E-state index in [1.54, 1.807) is 24.3 Å². The topological polar surface area (TPSA) is 61.8 Å². The van der Waals surface area contributed by atoms with Crippen molar-refractivity contribution in [2.24, 2.45) is 0 Å². The number of ether oxygens (including phenoxy) is 3. The van der Waals surface area contributed by atoms with Crippen LogP contribution in [0.2, 0.25) is 5.02 Å². The van der Waals surface area contributed by atoms with E-state index in [1.165, 1.54) is 26.4 Å². The summed E-state index contributed by atoms with van der Waals surface area (Å²) in [6.07, 6.45) is 2.75. The third-order valence-electron chi connectivity index (χ3n) is 4.28. The summed E-state index contributed by atoms with van der Waals surface area (Å²) < 4.78 is 15.4. The Morgan fingerprint density at radius 3 is 2.45 bits per heavy atom. The number of Topliss-reactive ketones (excluding diaryl/α,β-unsaturated/α-hetero) is 1. The van der Waals surface area contributed by atoms with Crippen molar-refractivity contribution in [3.8, 4) is 11.5 Å². The predicted molar refractivity (Wildman–Crippen MR) is 113 cm³/mol. The summed E-state index contributed by atoms with van der Waals surface area (Å²) >= 11 is 6.14. The number of halogens is 1. The van der Waals surface area contributed by atoms with Crippen molar-refractivity contribution in [1.29, 1.82) is 0 Å². The fourth-order valence-corrected chi connectivity index (χ4v) is 3.13. The molecule has 0 saturated heterocycles. The summed E-state index contributed by atoms with van der Waals surface area (Å²) in [6.45, 7) is -0.339. The smallest absolute Gasteiger partial charge is 0.331 e. The first-order chi connectivity index (χ1) is 14.0. The molecule has 3 aromatic rings. The van der Waals surface area contributed by atoms with Crippen LogP contribution >= 0.6 is 11.6 Å². The van der Waals surface area contributed by atoms with E-state index in [-0.39, 0.29) is 12.4 Å². The standard InChI is InChI=1S/C23H19ClO5/c1-27-21-12-15(11-19(24)23(21)28-2)7-10-22(26)29-14-20(25)18-9-8-16-5-3-4-6-17(16)13-18/h3-13H,14H2,1-2H3/b10-7+. The molecule has 0 heterocycles.